The summed E-state index contributed by atoms with van der Waals surface area (Å²) in [4.78, 5) is 14.5. The number of carbonyl (C=O) groups excluding carboxylic acids is 1. The fraction of sp³-hybridized carbons (Fsp3) is 0.250. The Morgan fingerprint density at radius 2 is 2.11 bits per heavy atom. The number of nitrogens with zero attached hydrogens (tertiary/aromatic N) is 4. The monoisotopic (exact) mass is 264 g/mol. The predicted molar refractivity (Wildman–Crippen MR) is 65.4 cm³/mol. The first-order chi connectivity index (χ1) is 9.11. The molecule has 1 N–H and O–H groups in total. The minimum absolute atomic E-state index is 0.117. The summed E-state index contributed by atoms with van der Waals surface area (Å²) in [5.41, 5.74) is 0.727. The number of carbonyl (C=O) groups is 1. The second kappa shape index (κ2) is 5.57. The quantitative estimate of drug-likeness (QED) is 0.871. The SMILES string of the molecule is CN(CCO)C(=O)c1cnn(-c2ccc(F)cc2)n1. The highest BCUT2D eigenvalue weighted by Gasteiger charge is 2.15. The first-order valence-corrected chi connectivity index (χ1v) is 5.66. The molecular weight excluding hydrogens is 251 g/mol. The minimum atomic E-state index is -0.352. The van der Waals surface area contributed by atoms with Crippen LogP contribution >= 0.6 is 0 Å². The van der Waals surface area contributed by atoms with Gasteiger partial charge in [0.1, 0.15) is 5.82 Å². The summed E-state index contributed by atoms with van der Waals surface area (Å²) in [6, 6.07) is 5.61. The maximum Gasteiger partial charge on any atom is 0.275 e. The van der Waals surface area contributed by atoms with E-state index in [2.05, 4.69) is 10.2 Å². The van der Waals surface area contributed by atoms with Crippen molar-refractivity contribution in [3.63, 3.8) is 0 Å². The molecule has 1 aromatic heterocycles. The van der Waals surface area contributed by atoms with Crippen molar-refractivity contribution in [2.75, 3.05) is 20.2 Å². The van der Waals surface area contributed by atoms with E-state index in [1.54, 1.807) is 7.05 Å². The van der Waals surface area contributed by atoms with Crippen molar-refractivity contribution in [3.05, 3.63) is 42.0 Å². The number of aromatic nitrogens is 3. The number of amides is 1. The van der Waals surface area contributed by atoms with Gasteiger partial charge in [0, 0.05) is 13.6 Å². The molecule has 0 fully saturated rings. The van der Waals surface area contributed by atoms with E-state index in [1.807, 2.05) is 0 Å². The zero-order valence-electron chi connectivity index (χ0n) is 10.3. The van der Waals surface area contributed by atoms with E-state index in [1.165, 1.54) is 40.2 Å². The highest BCUT2D eigenvalue weighted by atomic mass is 19.1. The number of aliphatic hydroxyl groups is 1. The molecule has 2 rings (SSSR count). The number of rotatable bonds is 4. The Hall–Kier alpha value is -2.28. The van der Waals surface area contributed by atoms with Gasteiger partial charge in [-0.2, -0.15) is 9.90 Å². The van der Waals surface area contributed by atoms with E-state index in [0.29, 0.717) is 5.69 Å². The van der Waals surface area contributed by atoms with Crippen LogP contribution in [0.1, 0.15) is 10.5 Å². The lowest BCUT2D eigenvalue weighted by molar-refractivity contribution is 0.0760. The zero-order valence-corrected chi connectivity index (χ0v) is 10.3. The number of likely N-dealkylation sites (N-methyl/N-ethyl adjacent to an activating group) is 1. The number of aliphatic hydroxyl groups excluding tert-OH is 1. The number of halogens is 1. The van der Waals surface area contributed by atoms with Crippen LogP contribution in [0.2, 0.25) is 0 Å². The van der Waals surface area contributed by atoms with E-state index in [-0.39, 0.29) is 30.6 Å². The number of benzene rings is 1. The van der Waals surface area contributed by atoms with Crippen LogP contribution < -0.4 is 0 Å². The maximum atomic E-state index is 12.8. The van der Waals surface area contributed by atoms with Gasteiger partial charge in [-0.3, -0.25) is 4.79 Å². The Morgan fingerprint density at radius 3 is 2.74 bits per heavy atom. The fourth-order valence-corrected chi connectivity index (χ4v) is 1.51. The van der Waals surface area contributed by atoms with Crippen LogP contribution in [0.15, 0.2) is 30.5 Å². The summed E-state index contributed by atoms with van der Waals surface area (Å²) in [7, 11) is 1.56. The van der Waals surface area contributed by atoms with Crippen molar-refractivity contribution < 1.29 is 14.3 Å². The van der Waals surface area contributed by atoms with Crippen LogP contribution in [0.25, 0.3) is 5.69 Å². The third-order valence-corrected chi connectivity index (χ3v) is 2.55. The fourth-order valence-electron chi connectivity index (χ4n) is 1.51. The van der Waals surface area contributed by atoms with Gasteiger partial charge >= 0.3 is 0 Å². The first kappa shape index (κ1) is 13.2. The molecule has 100 valence electrons. The molecule has 1 heterocycles. The highest BCUT2D eigenvalue weighted by Crippen LogP contribution is 2.07. The highest BCUT2D eigenvalue weighted by molar-refractivity contribution is 5.91. The largest absolute Gasteiger partial charge is 0.395 e. The second-order valence-electron chi connectivity index (χ2n) is 3.95. The molecule has 0 saturated heterocycles. The molecule has 1 aromatic carbocycles. The molecule has 0 unspecified atom stereocenters. The van der Waals surface area contributed by atoms with Crippen molar-refractivity contribution >= 4 is 5.91 Å². The molecule has 0 aliphatic carbocycles. The summed E-state index contributed by atoms with van der Waals surface area (Å²) in [5.74, 6) is -0.683. The van der Waals surface area contributed by atoms with Gasteiger partial charge in [-0.1, -0.05) is 0 Å². The van der Waals surface area contributed by atoms with E-state index >= 15 is 0 Å². The smallest absolute Gasteiger partial charge is 0.275 e. The number of hydrogen-bond acceptors (Lipinski definition) is 4. The number of hydrogen-bond donors (Lipinski definition) is 1. The summed E-state index contributed by atoms with van der Waals surface area (Å²) in [5, 5.41) is 16.7. The molecule has 7 heteroatoms. The lowest BCUT2D eigenvalue weighted by Gasteiger charge is -2.13. The molecule has 1 amide bonds. The Balaban J connectivity index is 2.19. The summed E-state index contributed by atoms with van der Waals surface area (Å²) < 4.78 is 12.8. The van der Waals surface area contributed by atoms with Crippen molar-refractivity contribution in [2.45, 2.75) is 0 Å². The zero-order chi connectivity index (χ0) is 13.8. The van der Waals surface area contributed by atoms with Gasteiger partial charge < -0.3 is 10.0 Å². The Morgan fingerprint density at radius 1 is 1.42 bits per heavy atom. The summed E-state index contributed by atoms with van der Waals surface area (Å²) in [6.07, 6.45) is 1.33. The maximum absolute atomic E-state index is 12.8. The molecule has 0 radical (unpaired) electrons. The van der Waals surface area contributed by atoms with Crippen LogP contribution in [0.4, 0.5) is 4.39 Å². The van der Waals surface area contributed by atoms with Crippen LogP contribution in [-0.2, 0) is 0 Å². The summed E-state index contributed by atoms with van der Waals surface area (Å²) in [6.45, 7) is 0.108. The lowest BCUT2D eigenvalue weighted by Crippen LogP contribution is -2.29. The topological polar surface area (TPSA) is 71.2 Å². The normalized spacial score (nSPS) is 10.5. The van der Waals surface area contributed by atoms with Crippen molar-refractivity contribution in [1.82, 2.24) is 19.9 Å². The Bertz CT molecular complexity index is 567. The molecule has 2 aromatic rings. The van der Waals surface area contributed by atoms with Crippen molar-refractivity contribution in [3.8, 4) is 5.69 Å². The van der Waals surface area contributed by atoms with Gasteiger partial charge in [-0.15, -0.1) is 5.10 Å². The molecule has 0 spiro atoms. The van der Waals surface area contributed by atoms with Crippen LogP contribution in [-0.4, -0.2) is 51.1 Å². The van der Waals surface area contributed by atoms with Crippen molar-refractivity contribution in [1.29, 1.82) is 0 Å². The van der Waals surface area contributed by atoms with E-state index < -0.39 is 0 Å². The van der Waals surface area contributed by atoms with Gasteiger partial charge in [-0.25, -0.2) is 4.39 Å². The average Bonchev–Trinajstić information content (AvgIpc) is 2.88. The van der Waals surface area contributed by atoms with Crippen molar-refractivity contribution in [2.24, 2.45) is 0 Å². The molecule has 0 atom stereocenters. The third kappa shape index (κ3) is 2.94. The predicted octanol–water partition coefficient (Wildman–Crippen LogP) is 0.471. The van der Waals surface area contributed by atoms with E-state index in [4.69, 9.17) is 5.11 Å². The Kier molecular flexibility index (Phi) is 3.86. The molecule has 19 heavy (non-hydrogen) atoms. The van der Waals surface area contributed by atoms with E-state index in [0.717, 1.165) is 0 Å². The molecular formula is C12H13FN4O2. The standard InChI is InChI=1S/C12H13FN4O2/c1-16(6-7-18)12(19)11-8-14-17(15-11)10-4-2-9(13)3-5-10/h2-5,8,18H,6-7H2,1H3. The lowest BCUT2D eigenvalue weighted by atomic mass is 10.3. The Labute approximate surface area is 109 Å². The molecule has 0 aliphatic rings. The minimum Gasteiger partial charge on any atom is -0.395 e. The molecule has 0 aliphatic heterocycles. The van der Waals surface area contributed by atoms with Gasteiger partial charge in [-0.05, 0) is 24.3 Å². The average molecular weight is 264 g/mol. The molecule has 0 saturated carbocycles. The first-order valence-electron chi connectivity index (χ1n) is 5.66. The van der Waals surface area contributed by atoms with Crippen LogP contribution in [0, 0.1) is 5.82 Å². The molecule has 6 nitrogen and oxygen atoms in total. The van der Waals surface area contributed by atoms with Gasteiger partial charge in [0.05, 0.1) is 18.5 Å². The van der Waals surface area contributed by atoms with Crippen LogP contribution in [0.3, 0.4) is 0 Å². The van der Waals surface area contributed by atoms with E-state index in [9.17, 15) is 9.18 Å². The van der Waals surface area contributed by atoms with Gasteiger partial charge in [0.2, 0.25) is 0 Å². The molecule has 0 bridgehead atoms. The summed E-state index contributed by atoms with van der Waals surface area (Å²) >= 11 is 0. The van der Waals surface area contributed by atoms with Gasteiger partial charge in [0.25, 0.3) is 5.91 Å². The second-order valence-corrected chi connectivity index (χ2v) is 3.95. The van der Waals surface area contributed by atoms with Crippen LogP contribution in [0.5, 0.6) is 0 Å². The third-order valence-electron chi connectivity index (χ3n) is 2.55. The van der Waals surface area contributed by atoms with Gasteiger partial charge in [0.15, 0.2) is 5.69 Å².